The van der Waals surface area contributed by atoms with Gasteiger partial charge in [-0.15, -0.1) is 0 Å². The number of fused-ring (bicyclic) bond motifs is 1. The van der Waals surface area contributed by atoms with Crippen LogP contribution in [0.1, 0.15) is 13.3 Å². The highest BCUT2D eigenvalue weighted by atomic mass is 35.5. The van der Waals surface area contributed by atoms with Gasteiger partial charge >= 0.3 is 0 Å². The lowest BCUT2D eigenvalue weighted by atomic mass is 10.1. The standard InChI is InChI=1S/C13H14ClN3O2S/c1-6-3-9-12(13(18)17(6)15)20-11-5-10(19-2)7(14)4-8(11)16-9/h4-6,16H,3,15H2,1-2H3. The van der Waals surface area contributed by atoms with Crippen LogP contribution in [-0.4, -0.2) is 24.1 Å². The third kappa shape index (κ3) is 2.04. The first-order valence-corrected chi connectivity index (χ1v) is 7.34. The number of amides is 1. The summed E-state index contributed by atoms with van der Waals surface area (Å²) in [5.41, 5.74) is 1.80. The number of thioether (sulfide) groups is 1. The number of hydrogen-bond donors (Lipinski definition) is 2. The number of carbonyl (C=O) groups excluding carboxylic acids is 1. The average molecular weight is 312 g/mol. The lowest BCUT2D eigenvalue weighted by Crippen LogP contribution is -2.48. The van der Waals surface area contributed by atoms with Crippen molar-refractivity contribution in [1.82, 2.24) is 5.01 Å². The number of hydrazine groups is 1. The van der Waals surface area contributed by atoms with Gasteiger partial charge < -0.3 is 10.1 Å². The molecule has 3 N–H and O–H groups in total. The molecule has 0 aromatic heterocycles. The summed E-state index contributed by atoms with van der Waals surface area (Å²) in [4.78, 5) is 13.8. The van der Waals surface area contributed by atoms with Crippen molar-refractivity contribution in [2.24, 2.45) is 5.84 Å². The Balaban J connectivity index is 2.02. The van der Waals surface area contributed by atoms with E-state index >= 15 is 0 Å². The van der Waals surface area contributed by atoms with Crippen LogP contribution in [0.2, 0.25) is 5.02 Å². The number of hydrogen-bond acceptors (Lipinski definition) is 5. The molecule has 1 aromatic carbocycles. The van der Waals surface area contributed by atoms with Gasteiger partial charge in [0, 0.05) is 17.0 Å². The van der Waals surface area contributed by atoms with Crippen molar-refractivity contribution in [2.45, 2.75) is 24.3 Å². The van der Waals surface area contributed by atoms with Crippen LogP contribution in [0.5, 0.6) is 5.75 Å². The van der Waals surface area contributed by atoms with Crippen LogP contribution in [0.25, 0.3) is 0 Å². The van der Waals surface area contributed by atoms with Crippen LogP contribution in [0.4, 0.5) is 5.69 Å². The monoisotopic (exact) mass is 311 g/mol. The van der Waals surface area contributed by atoms with Gasteiger partial charge in [-0.25, -0.2) is 5.84 Å². The van der Waals surface area contributed by atoms with E-state index in [4.69, 9.17) is 22.2 Å². The number of anilines is 1. The molecule has 7 heteroatoms. The molecule has 0 saturated heterocycles. The van der Waals surface area contributed by atoms with Crippen LogP contribution in [-0.2, 0) is 4.79 Å². The Labute approximate surface area is 126 Å². The van der Waals surface area contributed by atoms with Crippen LogP contribution in [0.15, 0.2) is 27.6 Å². The fraction of sp³-hybridized carbons (Fsp3) is 0.308. The van der Waals surface area contributed by atoms with Crippen molar-refractivity contribution in [2.75, 3.05) is 12.4 Å². The highest BCUT2D eigenvalue weighted by molar-refractivity contribution is 8.04. The summed E-state index contributed by atoms with van der Waals surface area (Å²) in [6.45, 7) is 1.92. The van der Waals surface area contributed by atoms with Gasteiger partial charge in [0.15, 0.2) is 0 Å². The first kappa shape index (κ1) is 13.6. The maximum atomic E-state index is 12.2. The number of ether oxygens (including phenoxy) is 1. The topological polar surface area (TPSA) is 67.6 Å². The summed E-state index contributed by atoms with van der Waals surface area (Å²) in [5, 5.41) is 5.11. The third-order valence-electron chi connectivity index (χ3n) is 3.43. The molecule has 5 nitrogen and oxygen atoms in total. The Kier molecular flexibility index (Phi) is 3.32. The number of nitrogens with one attached hydrogen (secondary N) is 1. The first-order chi connectivity index (χ1) is 9.51. The van der Waals surface area contributed by atoms with Crippen molar-refractivity contribution >= 4 is 35.0 Å². The van der Waals surface area contributed by atoms with E-state index in [1.165, 1.54) is 16.8 Å². The quantitative estimate of drug-likeness (QED) is 0.616. The molecule has 0 aliphatic carbocycles. The van der Waals surface area contributed by atoms with Gasteiger partial charge in [-0.05, 0) is 19.1 Å². The molecular formula is C13H14ClN3O2S. The predicted molar refractivity (Wildman–Crippen MR) is 79.6 cm³/mol. The molecule has 0 spiro atoms. The molecule has 106 valence electrons. The van der Waals surface area contributed by atoms with Crippen LogP contribution in [0, 0.1) is 0 Å². The van der Waals surface area contributed by atoms with Crippen LogP contribution >= 0.6 is 23.4 Å². The van der Waals surface area contributed by atoms with Crippen molar-refractivity contribution in [1.29, 1.82) is 0 Å². The molecule has 2 heterocycles. The maximum absolute atomic E-state index is 12.2. The summed E-state index contributed by atoms with van der Waals surface area (Å²) in [6, 6.07) is 3.62. The van der Waals surface area contributed by atoms with E-state index in [1.54, 1.807) is 7.11 Å². The molecule has 1 atom stereocenters. The molecule has 2 aliphatic rings. The van der Waals surface area contributed by atoms with Gasteiger partial charge in [-0.1, -0.05) is 23.4 Å². The van der Waals surface area contributed by atoms with E-state index < -0.39 is 0 Å². The van der Waals surface area contributed by atoms with E-state index in [0.717, 1.165) is 16.3 Å². The number of carbonyl (C=O) groups is 1. The average Bonchev–Trinajstić information content (AvgIpc) is 2.43. The minimum atomic E-state index is -0.157. The number of rotatable bonds is 1. The number of benzene rings is 1. The van der Waals surface area contributed by atoms with Crippen molar-refractivity contribution < 1.29 is 9.53 Å². The molecule has 1 amide bonds. The summed E-state index contributed by atoms with van der Waals surface area (Å²) in [6.07, 6.45) is 0.702. The van der Waals surface area contributed by atoms with Crippen molar-refractivity contribution in [3.05, 3.63) is 27.8 Å². The van der Waals surface area contributed by atoms with Gasteiger partial charge in [0.1, 0.15) is 5.75 Å². The zero-order valence-corrected chi connectivity index (χ0v) is 12.6. The second kappa shape index (κ2) is 4.87. The molecule has 0 fully saturated rings. The molecule has 2 aliphatic heterocycles. The van der Waals surface area contributed by atoms with E-state index in [2.05, 4.69) is 5.32 Å². The van der Waals surface area contributed by atoms with E-state index in [9.17, 15) is 4.79 Å². The zero-order chi connectivity index (χ0) is 14.4. The third-order valence-corrected chi connectivity index (χ3v) is 4.91. The first-order valence-electron chi connectivity index (χ1n) is 6.15. The fourth-order valence-electron chi connectivity index (χ4n) is 2.29. The maximum Gasteiger partial charge on any atom is 0.276 e. The Morgan fingerprint density at radius 1 is 1.55 bits per heavy atom. The normalized spacial score (nSPS) is 21.3. The number of nitrogens with two attached hydrogens (primary N) is 1. The Morgan fingerprint density at radius 2 is 2.30 bits per heavy atom. The number of halogens is 1. The number of methoxy groups -OCH3 is 1. The SMILES string of the molecule is COc1cc2c(cc1Cl)NC1=C(S2)C(=O)N(N)C(C)C1. The summed E-state index contributed by atoms with van der Waals surface area (Å²) >= 11 is 7.53. The number of nitrogens with zero attached hydrogens (tertiary/aromatic N) is 1. The minimum Gasteiger partial charge on any atom is -0.495 e. The minimum absolute atomic E-state index is 0.0235. The molecule has 1 unspecified atom stereocenters. The zero-order valence-electron chi connectivity index (χ0n) is 11.1. The van der Waals surface area contributed by atoms with Gasteiger partial charge in [-0.3, -0.25) is 9.80 Å². The fourth-order valence-corrected chi connectivity index (χ4v) is 3.59. The van der Waals surface area contributed by atoms with E-state index in [1.807, 2.05) is 19.1 Å². The molecule has 1 aromatic rings. The van der Waals surface area contributed by atoms with Gasteiger partial charge in [0.25, 0.3) is 5.91 Å². The lowest BCUT2D eigenvalue weighted by molar-refractivity contribution is -0.129. The summed E-state index contributed by atoms with van der Waals surface area (Å²) in [7, 11) is 1.56. The summed E-state index contributed by atoms with van der Waals surface area (Å²) < 4.78 is 5.20. The van der Waals surface area contributed by atoms with Crippen LogP contribution < -0.4 is 15.9 Å². The van der Waals surface area contributed by atoms with Crippen molar-refractivity contribution in [3.63, 3.8) is 0 Å². The van der Waals surface area contributed by atoms with Gasteiger partial charge in [0.2, 0.25) is 0 Å². The second-order valence-corrected chi connectivity index (χ2v) is 6.24. The molecular weight excluding hydrogens is 298 g/mol. The molecule has 3 rings (SSSR count). The molecule has 0 radical (unpaired) electrons. The molecule has 0 bridgehead atoms. The largest absolute Gasteiger partial charge is 0.495 e. The van der Waals surface area contributed by atoms with Crippen molar-refractivity contribution in [3.8, 4) is 5.75 Å². The highest BCUT2D eigenvalue weighted by Crippen LogP contribution is 2.46. The van der Waals surface area contributed by atoms with Gasteiger partial charge in [-0.2, -0.15) is 0 Å². The van der Waals surface area contributed by atoms with E-state index in [-0.39, 0.29) is 11.9 Å². The van der Waals surface area contributed by atoms with Crippen LogP contribution in [0.3, 0.4) is 0 Å². The highest BCUT2D eigenvalue weighted by Gasteiger charge is 2.34. The molecule has 0 saturated carbocycles. The smallest absolute Gasteiger partial charge is 0.276 e. The Hall–Kier alpha value is -1.37. The molecule has 20 heavy (non-hydrogen) atoms. The Morgan fingerprint density at radius 3 is 3.00 bits per heavy atom. The summed E-state index contributed by atoms with van der Waals surface area (Å²) in [5.74, 6) is 6.22. The Bertz CT molecular complexity index is 632. The predicted octanol–water partition coefficient (Wildman–Crippen LogP) is 2.57. The van der Waals surface area contributed by atoms with E-state index in [0.29, 0.717) is 22.1 Å². The second-order valence-electron chi connectivity index (χ2n) is 4.78. The van der Waals surface area contributed by atoms with Gasteiger partial charge in [0.05, 0.1) is 28.8 Å². The lowest BCUT2D eigenvalue weighted by Gasteiger charge is -2.35.